The van der Waals surface area contributed by atoms with Crippen LogP contribution in [0.3, 0.4) is 0 Å². The van der Waals surface area contributed by atoms with Crippen LogP contribution < -0.4 is 0 Å². The van der Waals surface area contributed by atoms with Crippen LogP contribution in [0.2, 0.25) is 0 Å². The fourth-order valence-electron chi connectivity index (χ4n) is 11.3. The van der Waals surface area contributed by atoms with Crippen molar-refractivity contribution < 1.29 is 57.6 Å². The van der Waals surface area contributed by atoms with E-state index < -0.39 is 24.1 Å². The first kappa shape index (κ1) is 36.4. The Morgan fingerprint density at radius 1 is 0.788 bits per heavy atom. The summed E-state index contributed by atoms with van der Waals surface area (Å²) in [5, 5.41) is 20.1. The van der Waals surface area contributed by atoms with Crippen LogP contribution in [0, 0.1) is 11.8 Å². The maximum Gasteiger partial charge on any atom is 0.172 e. The van der Waals surface area contributed by atoms with Crippen LogP contribution in [0.1, 0.15) is 90.4 Å². The van der Waals surface area contributed by atoms with Gasteiger partial charge in [-0.05, 0) is 62.0 Å². The maximum absolute atomic E-state index is 14.0. The first-order chi connectivity index (χ1) is 25.1. The Balaban J connectivity index is 0.994. The van der Waals surface area contributed by atoms with Gasteiger partial charge < -0.3 is 52.8 Å². The minimum Gasteiger partial charge on any atom is -0.394 e. The van der Waals surface area contributed by atoms with Gasteiger partial charge in [0.15, 0.2) is 5.79 Å². The molecule has 10 fully saturated rings. The van der Waals surface area contributed by atoms with Crippen LogP contribution in [0.5, 0.6) is 0 Å². The molecule has 10 aliphatic rings. The molecule has 19 atom stereocenters. The van der Waals surface area contributed by atoms with Crippen LogP contribution in [0.25, 0.3) is 0 Å². The minimum absolute atomic E-state index is 0.0260. The number of fused-ring (bicyclic) bond motifs is 6. The largest absolute Gasteiger partial charge is 0.394 e. The molecule has 0 aromatic heterocycles. The van der Waals surface area contributed by atoms with Gasteiger partial charge in [-0.25, -0.2) is 0 Å². The molecule has 10 heterocycles. The Kier molecular flexibility index (Phi) is 10.0. The van der Waals surface area contributed by atoms with Crippen molar-refractivity contribution >= 4 is 5.78 Å². The molecule has 0 saturated carbocycles. The van der Waals surface area contributed by atoms with Crippen molar-refractivity contribution in [2.45, 2.75) is 194 Å². The summed E-state index contributed by atoms with van der Waals surface area (Å²) in [6.45, 7) is 10.7. The molecule has 0 aromatic carbocycles. The summed E-state index contributed by atoms with van der Waals surface area (Å²) in [6, 6.07) is 0. The molecule has 10 saturated heterocycles. The van der Waals surface area contributed by atoms with Crippen LogP contribution in [0.15, 0.2) is 24.3 Å². The molecule has 2 N–H and O–H groups in total. The third kappa shape index (κ3) is 6.59. The van der Waals surface area contributed by atoms with Crippen LogP contribution in [-0.4, -0.2) is 133 Å². The molecule has 0 radical (unpaired) electrons. The number of carbonyl (C=O) groups excluding carboxylic acids is 1. The topological polar surface area (TPSA) is 141 Å². The smallest absolute Gasteiger partial charge is 0.172 e. The minimum atomic E-state index is -0.951. The highest BCUT2D eigenvalue weighted by atomic mass is 16.8. The molecule has 10 aliphatic heterocycles. The van der Waals surface area contributed by atoms with Gasteiger partial charge >= 0.3 is 0 Å². The summed E-state index contributed by atoms with van der Waals surface area (Å²) in [7, 11) is 1.63. The van der Waals surface area contributed by atoms with Gasteiger partial charge in [-0.1, -0.05) is 20.1 Å². The number of Topliss-reactive ketones (excluding diaryl/α,β-unsaturated/α-hetero) is 1. The number of hydrogen-bond donors (Lipinski definition) is 2. The lowest BCUT2D eigenvalue weighted by molar-refractivity contribution is -0.292. The number of carbonyl (C=O) groups is 1. The molecule has 0 amide bonds. The van der Waals surface area contributed by atoms with E-state index in [-0.39, 0.29) is 123 Å². The third-order valence-corrected chi connectivity index (χ3v) is 13.9. The van der Waals surface area contributed by atoms with Crippen molar-refractivity contribution in [3.63, 3.8) is 0 Å². The van der Waals surface area contributed by atoms with Crippen molar-refractivity contribution in [2.75, 3.05) is 13.7 Å². The van der Waals surface area contributed by atoms with E-state index in [0.29, 0.717) is 25.7 Å². The average Bonchev–Trinajstić information content (AvgIpc) is 3.79. The first-order valence-electron chi connectivity index (χ1n) is 20.1. The zero-order valence-electron chi connectivity index (χ0n) is 30.7. The quantitative estimate of drug-likeness (QED) is 0.410. The highest BCUT2D eigenvalue weighted by Gasteiger charge is 2.68. The lowest BCUT2D eigenvalue weighted by Gasteiger charge is -2.47. The fraction of sp³-hybridized carbons (Fsp3) is 0.875. The Bertz CT molecular complexity index is 1370. The molecule has 12 nitrogen and oxygen atoms in total. The molecule has 13 unspecified atom stereocenters. The Morgan fingerprint density at radius 3 is 2.37 bits per heavy atom. The lowest BCUT2D eigenvalue weighted by atomic mass is 9.81. The first-order valence-corrected chi connectivity index (χ1v) is 20.1. The number of ketones is 1. The van der Waals surface area contributed by atoms with E-state index in [2.05, 4.69) is 20.1 Å². The standard InChI is InChI=1S/C40H58O12/c1-19-11-24-5-7-28-20(2)12-26(45-28)9-10-40-17-33-36(51-40)37-38(50-33)39(52-40)35-29(49-37)8-6-25(47-35)13-22(42)14-27-31(16-30(46-24)21(19)3)48-32(34(27)44-4)15-23(43)18-41/h19,23-39,41,43H,2-3,5-18H2,1,4H3/t19?,23?,24?,25?,26?,27?,28?,29?,30?,31-,32+,33?,34+,35-,36?,37-,38+,39?,40?/m0/s1. The molecule has 1 spiro atoms. The summed E-state index contributed by atoms with van der Waals surface area (Å²) >= 11 is 0. The SMILES string of the molecule is C=C1CC2CCC34CC5O[C@H]6C(O3)[C@H]3OC(CCC3O[C@H]6C5O4)CC(=O)CC3[C@H](CC4OC(CCC1O2)CC(C)C4=C)O[C@H](CC(O)CO)[C@@H]3OC. The second-order valence-corrected chi connectivity index (χ2v) is 17.4. The van der Waals surface area contributed by atoms with Gasteiger partial charge in [-0.3, -0.25) is 4.79 Å². The zero-order valence-corrected chi connectivity index (χ0v) is 30.7. The molecule has 290 valence electrons. The van der Waals surface area contributed by atoms with Crippen LogP contribution in [0.4, 0.5) is 0 Å². The van der Waals surface area contributed by atoms with E-state index >= 15 is 0 Å². The van der Waals surface area contributed by atoms with Gasteiger partial charge in [0, 0.05) is 51.6 Å². The van der Waals surface area contributed by atoms with Crippen molar-refractivity contribution in [3.8, 4) is 0 Å². The second-order valence-electron chi connectivity index (χ2n) is 17.4. The molecule has 10 rings (SSSR count). The number of hydrogen-bond acceptors (Lipinski definition) is 12. The van der Waals surface area contributed by atoms with Gasteiger partial charge in [0.2, 0.25) is 0 Å². The zero-order chi connectivity index (χ0) is 35.9. The van der Waals surface area contributed by atoms with Gasteiger partial charge in [0.1, 0.15) is 36.3 Å². The van der Waals surface area contributed by atoms with Crippen LogP contribution >= 0.6 is 0 Å². The molecule has 52 heavy (non-hydrogen) atoms. The molecule has 0 aliphatic carbocycles. The summed E-state index contributed by atoms with van der Waals surface area (Å²) in [4.78, 5) is 14.0. The molecular weight excluding hydrogens is 672 g/mol. The van der Waals surface area contributed by atoms with E-state index in [1.54, 1.807) is 7.11 Å². The fourth-order valence-corrected chi connectivity index (χ4v) is 11.3. The number of aliphatic hydroxyl groups excluding tert-OH is 2. The summed E-state index contributed by atoms with van der Waals surface area (Å²) in [5.41, 5.74) is 2.17. The van der Waals surface area contributed by atoms with Gasteiger partial charge in [0.25, 0.3) is 0 Å². The van der Waals surface area contributed by atoms with Gasteiger partial charge in [-0.2, -0.15) is 0 Å². The molecule has 12 heteroatoms. The summed E-state index contributed by atoms with van der Waals surface area (Å²) < 4.78 is 59.8. The van der Waals surface area contributed by atoms with E-state index in [0.717, 1.165) is 49.7 Å². The number of ether oxygens (including phenoxy) is 9. The molecule has 0 aromatic rings. The Hall–Kier alpha value is -1.29. The summed E-state index contributed by atoms with van der Waals surface area (Å²) in [5.74, 6) is -0.709. The summed E-state index contributed by atoms with van der Waals surface area (Å²) in [6.07, 6.45) is 4.01. The maximum atomic E-state index is 14.0. The highest BCUT2D eigenvalue weighted by molar-refractivity contribution is 5.79. The Morgan fingerprint density at radius 2 is 1.54 bits per heavy atom. The number of rotatable bonds is 4. The monoisotopic (exact) mass is 730 g/mol. The van der Waals surface area contributed by atoms with Gasteiger partial charge in [-0.15, -0.1) is 0 Å². The number of methoxy groups -OCH3 is 1. The van der Waals surface area contributed by atoms with E-state index in [1.165, 1.54) is 0 Å². The van der Waals surface area contributed by atoms with Crippen molar-refractivity contribution in [1.29, 1.82) is 0 Å². The number of aliphatic hydroxyl groups is 2. The van der Waals surface area contributed by atoms with E-state index in [1.807, 2.05) is 0 Å². The van der Waals surface area contributed by atoms with Crippen molar-refractivity contribution in [3.05, 3.63) is 24.3 Å². The van der Waals surface area contributed by atoms with Crippen LogP contribution in [-0.2, 0) is 47.4 Å². The van der Waals surface area contributed by atoms with Gasteiger partial charge in [0.05, 0.1) is 73.8 Å². The Labute approximate surface area is 306 Å². The van der Waals surface area contributed by atoms with Crippen molar-refractivity contribution in [2.24, 2.45) is 11.8 Å². The van der Waals surface area contributed by atoms with E-state index in [9.17, 15) is 15.0 Å². The normalized spacial score (nSPS) is 52.4. The predicted octanol–water partition coefficient (Wildman–Crippen LogP) is 3.47. The highest BCUT2D eigenvalue weighted by Crippen LogP contribution is 2.54. The lowest BCUT2D eigenvalue weighted by Crippen LogP contribution is -2.61. The third-order valence-electron chi connectivity index (χ3n) is 13.9. The average molecular weight is 731 g/mol. The molecule has 12 bridgehead atoms. The van der Waals surface area contributed by atoms with Crippen molar-refractivity contribution in [1.82, 2.24) is 0 Å². The van der Waals surface area contributed by atoms with E-state index in [4.69, 9.17) is 42.6 Å². The molecular formula is C40H58O12. The predicted molar refractivity (Wildman–Crippen MR) is 184 cm³/mol. The second kappa shape index (κ2) is 14.3.